The molecule has 1 aliphatic rings. The van der Waals surface area contributed by atoms with E-state index in [0.29, 0.717) is 24.5 Å². The predicted molar refractivity (Wildman–Crippen MR) is 111 cm³/mol. The molecule has 7 heteroatoms. The lowest BCUT2D eigenvalue weighted by atomic mass is 9.96. The Labute approximate surface area is 171 Å². The minimum absolute atomic E-state index is 0.00159. The van der Waals surface area contributed by atoms with Gasteiger partial charge in [0.25, 0.3) is 5.91 Å². The second-order valence-electron chi connectivity index (χ2n) is 7.01. The quantitative estimate of drug-likeness (QED) is 0.627. The van der Waals surface area contributed by atoms with Crippen LogP contribution in [0.3, 0.4) is 0 Å². The lowest BCUT2D eigenvalue weighted by molar-refractivity contribution is 0.0703. The number of aryl methyl sites for hydroxylation is 1. The van der Waals surface area contributed by atoms with Crippen molar-refractivity contribution in [2.45, 2.75) is 18.8 Å². The van der Waals surface area contributed by atoms with Crippen molar-refractivity contribution < 1.29 is 4.79 Å². The average molecular weight is 441 g/mol. The molecule has 0 saturated carbocycles. The van der Waals surface area contributed by atoms with Gasteiger partial charge in [-0.2, -0.15) is 5.10 Å². The lowest BCUT2D eigenvalue weighted by Gasteiger charge is -2.32. The number of carbonyl (C=O) groups excluding carboxylic acids is 1. The van der Waals surface area contributed by atoms with Gasteiger partial charge in [0.2, 0.25) is 0 Å². The van der Waals surface area contributed by atoms with Crippen molar-refractivity contribution in [3.63, 3.8) is 0 Å². The maximum absolute atomic E-state index is 13.0. The first kappa shape index (κ1) is 18.7. The van der Waals surface area contributed by atoms with Gasteiger partial charge in [0.15, 0.2) is 0 Å². The molecule has 1 fully saturated rings. The second kappa shape index (κ2) is 7.75. The topological polar surface area (TPSA) is 60.1 Å². The Morgan fingerprint density at radius 1 is 1.11 bits per heavy atom. The van der Waals surface area contributed by atoms with E-state index in [0.717, 1.165) is 23.0 Å². The molecular formula is C21H21BrN4O2. The summed E-state index contributed by atoms with van der Waals surface area (Å²) in [5.74, 6) is 0.722. The number of amides is 1. The molecule has 6 nitrogen and oxygen atoms in total. The smallest absolute Gasteiger partial charge is 0.338 e. The number of benzene rings is 2. The predicted octanol–water partition coefficient (Wildman–Crippen LogP) is 3.35. The van der Waals surface area contributed by atoms with Gasteiger partial charge >= 0.3 is 5.69 Å². The highest BCUT2D eigenvalue weighted by atomic mass is 79.9. The van der Waals surface area contributed by atoms with E-state index in [1.165, 1.54) is 4.68 Å². The number of hydrogen-bond donors (Lipinski definition) is 0. The van der Waals surface area contributed by atoms with Crippen LogP contribution < -0.4 is 5.69 Å². The maximum Gasteiger partial charge on any atom is 0.350 e. The number of rotatable bonds is 3. The fraction of sp³-hybridized carbons (Fsp3) is 0.286. The zero-order valence-corrected chi connectivity index (χ0v) is 17.2. The Bertz CT molecular complexity index is 1060. The van der Waals surface area contributed by atoms with Gasteiger partial charge in [-0.1, -0.05) is 30.3 Å². The molecule has 1 aromatic heterocycles. The van der Waals surface area contributed by atoms with Crippen LogP contribution in [0.1, 0.15) is 34.9 Å². The molecule has 144 valence electrons. The van der Waals surface area contributed by atoms with Crippen molar-refractivity contribution in [3.05, 3.63) is 80.9 Å². The molecule has 0 N–H and O–H groups in total. The number of piperidine rings is 1. The van der Waals surface area contributed by atoms with Crippen molar-refractivity contribution in [3.8, 4) is 5.69 Å². The molecule has 0 spiro atoms. The second-order valence-corrected chi connectivity index (χ2v) is 7.86. The first-order valence-corrected chi connectivity index (χ1v) is 10.1. The van der Waals surface area contributed by atoms with Crippen LogP contribution in [0.4, 0.5) is 0 Å². The third-order valence-corrected chi connectivity index (χ3v) is 5.83. The Morgan fingerprint density at radius 2 is 1.82 bits per heavy atom. The molecule has 0 radical (unpaired) electrons. The summed E-state index contributed by atoms with van der Waals surface area (Å²) in [6.45, 7) is 1.25. The molecule has 1 atom stereocenters. The van der Waals surface area contributed by atoms with Crippen LogP contribution in [0.2, 0.25) is 0 Å². The van der Waals surface area contributed by atoms with Crippen molar-refractivity contribution >= 4 is 21.8 Å². The van der Waals surface area contributed by atoms with Gasteiger partial charge in [-0.3, -0.25) is 4.79 Å². The van der Waals surface area contributed by atoms with Gasteiger partial charge in [-0.25, -0.2) is 14.0 Å². The Morgan fingerprint density at radius 3 is 2.57 bits per heavy atom. The number of nitrogens with zero attached hydrogens (tertiary/aromatic N) is 4. The fourth-order valence-corrected chi connectivity index (χ4v) is 4.20. The van der Waals surface area contributed by atoms with Crippen LogP contribution in [0.5, 0.6) is 0 Å². The van der Waals surface area contributed by atoms with Gasteiger partial charge in [-0.15, -0.1) is 0 Å². The van der Waals surface area contributed by atoms with E-state index < -0.39 is 0 Å². The number of likely N-dealkylation sites (tertiary alicyclic amines) is 1. The summed E-state index contributed by atoms with van der Waals surface area (Å²) in [4.78, 5) is 27.6. The fourth-order valence-electron chi connectivity index (χ4n) is 3.75. The van der Waals surface area contributed by atoms with Gasteiger partial charge in [-0.05, 0) is 53.0 Å². The van der Waals surface area contributed by atoms with Gasteiger partial charge in [0.05, 0.1) is 11.3 Å². The molecular weight excluding hydrogens is 420 g/mol. The molecule has 28 heavy (non-hydrogen) atoms. The number of halogens is 1. The highest BCUT2D eigenvalue weighted by Gasteiger charge is 2.30. The lowest BCUT2D eigenvalue weighted by Crippen LogP contribution is -2.40. The summed E-state index contributed by atoms with van der Waals surface area (Å²) in [5, 5.41) is 4.51. The third kappa shape index (κ3) is 3.42. The van der Waals surface area contributed by atoms with Crippen molar-refractivity contribution in [1.82, 2.24) is 19.2 Å². The number of hydrogen-bond acceptors (Lipinski definition) is 3. The van der Waals surface area contributed by atoms with Crippen molar-refractivity contribution in [2.75, 3.05) is 13.1 Å². The molecule has 4 rings (SSSR count). The van der Waals surface area contributed by atoms with Gasteiger partial charge in [0.1, 0.15) is 5.82 Å². The largest absolute Gasteiger partial charge is 0.350 e. The Balaban J connectivity index is 1.66. The summed E-state index contributed by atoms with van der Waals surface area (Å²) >= 11 is 3.47. The van der Waals surface area contributed by atoms with Crippen LogP contribution >= 0.6 is 15.9 Å². The zero-order valence-electron chi connectivity index (χ0n) is 15.6. The molecule has 1 saturated heterocycles. The minimum Gasteiger partial charge on any atom is -0.338 e. The van der Waals surface area contributed by atoms with E-state index in [1.54, 1.807) is 11.6 Å². The van der Waals surface area contributed by atoms with E-state index in [-0.39, 0.29) is 17.5 Å². The average Bonchev–Trinajstić information content (AvgIpc) is 3.03. The molecule has 3 aromatic rings. The van der Waals surface area contributed by atoms with E-state index in [9.17, 15) is 9.59 Å². The van der Waals surface area contributed by atoms with Crippen LogP contribution in [-0.4, -0.2) is 38.2 Å². The monoisotopic (exact) mass is 440 g/mol. The standard InChI is InChI=1S/C21H21BrN4O2/c1-24-21(28)26(16-9-3-2-4-10-16)19(23-24)15-8-7-13-25(14-15)20(27)17-11-5-6-12-18(17)22/h2-6,9-12,15H,7-8,13-14H2,1H3. The molecule has 0 bridgehead atoms. The number of para-hydroxylation sites is 1. The summed E-state index contributed by atoms with van der Waals surface area (Å²) in [6, 6.07) is 17.0. The van der Waals surface area contributed by atoms with E-state index in [4.69, 9.17) is 0 Å². The molecule has 1 unspecified atom stereocenters. The van der Waals surface area contributed by atoms with Crippen molar-refractivity contribution in [1.29, 1.82) is 0 Å². The molecule has 1 amide bonds. The van der Waals surface area contributed by atoms with Crippen LogP contribution in [0.15, 0.2) is 63.9 Å². The number of carbonyl (C=O) groups is 1. The number of aromatic nitrogens is 3. The normalized spacial score (nSPS) is 16.9. The highest BCUT2D eigenvalue weighted by Crippen LogP contribution is 2.28. The van der Waals surface area contributed by atoms with E-state index in [2.05, 4.69) is 21.0 Å². The van der Waals surface area contributed by atoms with E-state index in [1.807, 2.05) is 59.5 Å². The molecule has 2 aromatic carbocycles. The molecule has 2 heterocycles. The molecule has 1 aliphatic heterocycles. The van der Waals surface area contributed by atoms with Gasteiger partial charge < -0.3 is 4.90 Å². The first-order chi connectivity index (χ1) is 13.6. The molecule has 0 aliphatic carbocycles. The summed E-state index contributed by atoms with van der Waals surface area (Å²) in [7, 11) is 1.66. The summed E-state index contributed by atoms with van der Waals surface area (Å²) in [5.41, 5.74) is 1.28. The van der Waals surface area contributed by atoms with Crippen molar-refractivity contribution in [2.24, 2.45) is 7.05 Å². The Hall–Kier alpha value is -2.67. The van der Waals surface area contributed by atoms with E-state index >= 15 is 0 Å². The maximum atomic E-state index is 13.0. The van der Waals surface area contributed by atoms with Crippen LogP contribution in [0, 0.1) is 0 Å². The zero-order chi connectivity index (χ0) is 19.7. The summed E-state index contributed by atoms with van der Waals surface area (Å²) < 4.78 is 3.83. The van der Waals surface area contributed by atoms with Crippen LogP contribution in [-0.2, 0) is 7.05 Å². The van der Waals surface area contributed by atoms with Crippen LogP contribution in [0.25, 0.3) is 5.69 Å². The minimum atomic E-state index is -0.171. The third-order valence-electron chi connectivity index (χ3n) is 5.14. The SMILES string of the molecule is Cn1nc(C2CCCN(C(=O)c3ccccc3Br)C2)n(-c2ccccc2)c1=O. The summed E-state index contributed by atoms with van der Waals surface area (Å²) in [6.07, 6.45) is 1.77. The first-order valence-electron chi connectivity index (χ1n) is 9.31. The highest BCUT2D eigenvalue weighted by molar-refractivity contribution is 9.10. The Kier molecular flexibility index (Phi) is 5.17. The van der Waals surface area contributed by atoms with Gasteiger partial charge in [0, 0.05) is 30.5 Å².